The maximum Gasteiger partial charge on any atom is 0.416 e. The Balaban J connectivity index is 0.00000300. The van der Waals surface area contributed by atoms with E-state index in [0.29, 0.717) is 5.69 Å². The van der Waals surface area contributed by atoms with Crippen LogP contribution < -0.4 is 16.0 Å². The average Bonchev–Trinajstić information content (AvgIpc) is 2.68. The lowest BCUT2D eigenvalue weighted by Gasteiger charge is -2.21. The third-order valence-corrected chi connectivity index (χ3v) is 4.55. The number of benzene rings is 2. The molecular weight excluding hydrogens is 407 g/mol. The van der Waals surface area contributed by atoms with Gasteiger partial charge in [0, 0.05) is 22.9 Å². The van der Waals surface area contributed by atoms with Gasteiger partial charge >= 0.3 is 6.18 Å². The molecule has 0 spiro atoms. The van der Waals surface area contributed by atoms with Crippen molar-refractivity contribution in [1.29, 1.82) is 0 Å². The van der Waals surface area contributed by atoms with E-state index in [-0.39, 0.29) is 35.5 Å². The van der Waals surface area contributed by atoms with Gasteiger partial charge in [0.05, 0.1) is 5.56 Å². The summed E-state index contributed by atoms with van der Waals surface area (Å²) >= 11 is 0. The van der Waals surface area contributed by atoms with Crippen LogP contribution in [0.4, 0.5) is 24.5 Å². The molecule has 156 valence electrons. The van der Waals surface area contributed by atoms with Gasteiger partial charge in [-0.05, 0) is 62.3 Å². The van der Waals surface area contributed by atoms with E-state index in [1.807, 2.05) is 0 Å². The summed E-state index contributed by atoms with van der Waals surface area (Å²) in [6, 6.07) is 10.7. The van der Waals surface area contributed by atoms with Crippen molar-refractivity contribution in [1.82, 2.24) is 5.32 Å². The van der Waals surface area contributed by atoms with Crippen LogP contribution in [-0.2, 0) is 11.0 Å². The first-order valence-corrected chi connectivity index (χ1v) is 8.93. The summed E-state index contributed by atoms with van der Waals surface area (Å²) in [5.41, 5.74) is -0.0852. The monoisotopic (exact) mass is 427 g/mol. The topological polar surface area (TPSA) is 70.2 Å². The smallest absolute Gasteiger partial charge is 0.326 e. The molecule has 0 bridgehead atoms. The van der Waals surface area contributed by atoms with Crippen molar-refractivity contribution in [3.05, 3.63) is 59.7 Å². The van der Waals surface area contributed by atoms with E-state index >= 15 is 0 Å². The van der Waals surface area contributed by atoms with Crippen LogP contribution in [0.2, 0.25) is 0 Å². The van der Waals surface area contributed by atoms with Gasteiger partial charge in [-0.1, -0.05) is 12.1 Å². The Bertz CT molecular complexity index is 868. The van der Waals surface area contributed by atoms with E-state index < -0.39 is 17.6 Å². The zero-order chi connectivity index (χ0) is 20.1. The third kappa shape index (κ3) is 6.20. The maximum atomic E-state index is 12.8. The molecule has 1 aliphatic heterocycles. The number of carbonyl (C=O) groups is 2. The van der Waals surface area contributed by atoms with E-state index in [9.17, 15) is 22.8 Å². The van der Waals surface area contributed by atoms with Crippen LogP contribution in [0.25, 0.3) is 0 Å². The Morgan fingerprint density at radius 3 is 2.21 bits per heavy atom. The number of carbonyl (C=O) groups excluding carboxylic acids is 2. The minimum Gasteiger partial charge on any atom is -0.326 e. The van der Waals surface area contributed by atoms with Gasteiger partial charge in [-0.15, -0.1) is 12.4 Å². The van der Waals surface area contributed by atoms with Crippen LogP contribution in [0.5, 0.6) is 0 Å². The molecule has 0 unspecified atom stereocenters. The molecular formula is C20H21ClF3N3O2. The predicted molar refractivity (Wildman–Crippen MR) is 107 cm³/mol. The number of rotatable bonds is 4. The van der Waals surface area contributed by atoms with Crippen LogP contribution >= 0.6 is 12.4 Å². The Morgan fingerprint density at radius 1 is 0.931 bits per heavy atom. The van der Waals surface area contributed by atoms with Gasteiger partial charge in [-0.2, -0.15) is 13.2 Å². The molecule has 0 saturated carbocycles. The highest BCUT2D eigenvalue weighted by molar-refractivity contribution is 6.05. The quantitative estimate of drug-likeness (QED) is 0.680. The summed E-state index contributed by atoms with van der Waals surface area (Å²) in [5, 5.41) is 8.45. The van der Waals surface area contributed by atoms with Crippen molar-refractivity contribution >= 4 is 35.6 Å². The number of alkyl halides is 3. The van der Waals surface area contributed by atoms with Crippen molar-refractivity contribution in [3.63, 3.8) is 0 Å². The van der Waals surface area contributed by atoms with Crippen LogP contribution in [0, 0.1) is 5.92 Å². The maximum absolute atomic E-state index is 12.8. The van der Waals surface area contributed by atoms with Crippen LogP contribution in [0.3, 0.4) is 0 Å². The second kappa shape index (κ2) is 9.76. The fourth-order valence-corrected chi connectivity index (χ4v) is 3.04. The third-order valence-electron chi connectivity index (χ3n) is 4.55. The number of hydrogen-bond acceptors (Lipinski definition) is 3. The Hall–Kier alpha value is -2.58. The van der Waals surface area contributed by atoms with Gasteiger partial charge in [0.15, 0.2) is 0 Å². The van der Waals surface area contributed by atoms with Crippen molar-refractivity contribution in [2.75, 3.05) is 23.7 Å². The Morgan fingerprint density at radius 2 is 1.55 bits per heavy atom. The number of anilines is 2. The predicted octanol–water partition coefficient (Wildman–Crippen LogP) is 4.32. The standard InChI is InChI=1S/C20H20F3N3O2.ClH/c21-20(22,23)15-4-2-6-17(12-15)26-19(28)14-3-1-5-16(11-14)25-18(27)13-7-9-24-10-8-13;/h1-6,11-13,24H,7-10H2,(H,25,27)(H,26,28);1H. The molecule has 2 amide bonds. The van der Waals surface area contributed by atoms with Crippen molar-refractivity contribution in [2.24, 2.45) is 5.92 Å². The van der Waals surface area contributed by atoms with Crippen LogP contribution in [0.15, 0.2) is 48.5 Å². The summed E-state index contributed by atoms with van der Waals surface area (Å²) < 4.78 is 38.4. The molecule has 1 heterocycles. The zero-order valence-corrected chi connectivity index (χ0v) is 16.2. The first kappa shape index (κ1) is 22.7. The number of piperidine rings is 1. The molecule has 29 heavy (non-hydrogen) atoms. The molecule has 1 aliphatic rings. The fraction of sp³-hybridized carbons (Fsp3) is 0.300. The number of nitrogens with one attached hydrogen (secondary N) is 3. The molecule has 9 heteroatoms. The van der Waals surface area contributed by atoms with Gasteiger partial charge < -0.3 is 16.0 Å². The minimum atomic E-state index is -4.49. The molecule has 2 aromatic rings. The minimum absolute atomic E-state index is 0. The van der Waals surface area contributed by atoms with Gasteiger partial charge in [-0.3, -0.25) is 9.59 Å². The molecule has 1 saturated heterocycles. The highest BCUT2D eigenvalue weighted by Gasteiger charge is 2.30. The normalized spacial score (nSPS) is 14.6. The second-order valence-corrected chi connectivity index (χ2v) is 6.63. The van der Waals surface area contributed by atoms with E-state index in [0.717, 1.165) is 38.1 Å². The molecule has 1 fully saturated rings. The zero-order valence-electron chi connectivity index (χ0n) is 15.4. The number of hydrogen-bond donors (Lipinski definition) is 3. The highest BCUT2D eigenvalue weighted by atomic mass is 35.5. The van der Waals surface area contributed by atoms with E-state index in [1.54, 1.807) is 12.1 Å². The van der Waals surface area contributed by atoms with Crippen LogP contribution in [0.1, 0.15) is 28.8 Å². The summed E-state index contributed by atoms with van der Waals surface area (Å²) in [6.45, 7) is 1.58. The van der Waals surface area contributed by atoms with Gasteiger partial charge in [0.25, 0.3) is 5.91 Å². The molecule has 0 aliphatic carbocycles. The molecule has 0 atom stereocenters. The van der Waals surface area contributed by atoms with Crippen molar-refractivity contribution < 1.29 is 22.8 Å². The lowest BCUT2D eigenvalue weighted by atomic mass is 9.97. The molecule has 3 rings (SSSR count). The van der Waals surface area contributed by atoms with E-state index in [4.69, 9.17) is 0 Å². The van der Waals surface area contributed by atoms with Gasteiger partial charge in [-0.25, -0.2) is 0 Å². The Kier molecular flexibility index (Phi) is 7.64. The summed E-state index contributed by atoms with van der Waals surface area (Å²) in [5.74, 6) is -0.738. The Labute approximate surface area is 172 Å². The van der Waals surface area contributed by atoms with Gasteiger partial charge in [0.2, 0.25) is 5.91 Å². The highest BCUT2D eigenvalue weighted by Crippen LogP contribution is 2.30. The molecule has 3 N–H and O–H groups in total. The largest absolute Gasteiger partial charge is 0.416 e. The SMILES string of the molecule is Cl.O=C(Nc1cccc(C(F)(F)F)c1)c1cccc(NC(=O)C2CCNCC2)c1. The van der Waals surface area contributed by atoms with Gasteiger partial charge in [0.1, 0.15) is 0 Å². The van der Waals surface area contributed by atoms with Crippen molar-refractivity contribution in [2.45, 2.75) is 19.0 Å². The number of amides is 2. The fourth-order valence-electron chi connectivity index (χ4n) is 3.04. The van der Waals surface area contributed by atoms with Crippen molar-refractivity contribution in [3.8, 4) is 0 Å². The number of halogens is 4. The molecule has 0 radical (unpaired) electrons. The lowest BCUT2D eigenvalue weighted by molar-refractivity contribution is -0.137. The summed E-state index contributed by atoms with van der Waals surface area (Å²) in [7, 11) is 0. The second-order valence-electron chi connectivity index (χ2n) is 6.63. The van der Waals surface area contributed by atoms with E-state index in [1.165, 1.54) is 24.3 Å². The first-order valence-electron chi connectivity index (χ1n) is 8.93. The first-order chi connectivity index (χ1) is 13.3. The van der Waals surface area contributed by atoms with E-state index in [2.05, 4.69) is 16.0 Å². The summed E-state index contributed by atoms with van der Waals surface area (Å²) in [4.78, 5) is 24.7. The molecule has 5 nitrogen and oxygen atoms in total. The average molecular weight is 428 g/mol. The summed E-state index contributed by atoms with van der Waals surface area (Å²) in [6.07, 6.45) is -2.98. The molecule has 0 aromatic heterocycles. The molecule has 2 aromatic carbocycles. The lowest BCUT2D eigenvalue weighted by Crippen LogP contribution is -2.34. The van der Waals surface area contributed by atoms with Crippen LogP contribution in [-0.4, -0.2) is 24.9 Å².